The minimum Gasteiger partial charge on any atom is -0.465 e. The summed E-state index contributed by atoms with van der Waals surface area (Å²) in [4.78, 5) is 11.2. The molecule has 17 heavy (non-hydrogen) atoms. The maximum absolute atomic E-state index is 12.8. The number of carbonyl (C=O) groups is 1. The molecule has 0 unspecified atom stereocenters. The quantitative estimate of drug-likeness (QED) is 0.557. The Hall–Kier alpha value is -1.64. The molecule has 0 aliphatic carbocycles. The van der Waals surface area contributed by atoms with E-state index < -0.39 is 0 Å². The van der Waals surface area contributed by atoms with Gasteiger partial charge in [0.05, 0.1) is 13.0 Å². The zero-order valence-electron chi connectivity index (χ0n) is 9.99. The van der Waals surface area contributed by atoms with Gasteiger partial charge in [0.2, 0.25) is 0 Å². The lowest BCUT2D eigenvalue weighted by molar-refractivity contribution is -0.142. The minimum absolute atomic E-state index is 0.222. The number of halogens is 1. The summed E-state index contributed by atoms with van der Waals surface area (Å²) in [5.41, 5.74) is 0.742. The maximum atomic E-state index is 12.8. The fourth-order valence-electron chi connectivity index (χ4n) is 1.29. The highest BCUT2D eigenvalue weighted by atomic mass is 19.1. The van der Waals surface area contributed by atoms with Gasteiger partial charge in [0.25, 0.3) is 0 Å². The average molecular weight is 236 g/mol. The van der Waals surface area contributed by atoms with Crippen LogP contribution in [0.5, 0.6) is 0 Å². The molecule has 0 aromatic heterocycles. The molecule has 1 aromatic rings. The topological polar surface area (TPSA) is 26.3 Å². The molecule has 0 amide bonds. The molecular weight excluding hydrogens is 219 g/mol. The fraction of sp³-hybridized carbons (Fsp3) is 0.357. The summed E-state index contributed by atoms with van der Waals surface area (Å²) in [7, 11) is 0. The van der Waals surface area contributed by atoms with Gasteiger partial charge in [0.1, 0.15) is 5.82 Å². The molecule has 0 heterocycles. The third kappa shape index (κ3) is 5.85. The zero-order chi connectivity index (χ0) is 12.5. The SMILES string of the molecule is CCCCOC(=O)C/C=C/c1cccc(F)c1. The smallest absolute Gasteiger partial charge is 0.309 e. The highest BCUT2D eigenvalue weighted by molar-refractivity contribution is 5.72. The molecule has 0 saturated carbocycles. The van der Waals surface area contributed by atoms with Crippen molar-refractivity contribution >= 4 is 12.0 Å². The van der Waals surface area contributed by atoms with Gasteiger partial charge in [-0.25, -0.2) is 4.39 Å². The molecule has 0 bridgehead atoms. The second-order valence-electron chi connectivity index (χ2n) is 3.74. The van der Waals surface area contributed by atoms with Crippen LogP contribution in [0.25, 0.3) is 6.08 Å². The Morgan fingerprint density at radius 2 is 2.29 bits per heavy atom. The minimum atomic E-state index is -0.280. The Labute approximate surface area is 101 Å². The van der Waals surface area contributed by atoms with Crippen molar-refractivity contribution in [2.45, 2.75) is 26.2 Å². The lowest BCUT2D eigenvalue weighted by Crippen LogP contribution is -2.03. The van der Waals surface area contributed by atoms with Crippen LogP contribution in [0.4, 0.5) is 4.39 Å². The molecule has 0 fully saturated rings. The number of esters is 1. The first-order valence-electron chi connectivity index (χ1n) is 5.80. The Kier molecular flexibility index (Phi) is 6.00. The van der Waals surface area contributed by atoms with E-state index in [1.807, 2.05) is 6.92 Å². The van der Waals surface area contributed by atoms with Gasteiger partial charge in [-0.15, -0.1) is 0 Å². The van der Waals surface area contributed by atoms with E-state index in [0.717, 1.165) is 18.4 Å². The molecule has 0 N–H and O–H groups in total. The first kappa shape index (κ1) is 13.4. The van der Waals surface area contributed by atoms with Crippen molar-refractivity contribution in [3.8, 4) is 0 Å². The van der Waals surface area contributed by atoms with E-state index in [2.05, 4.69) is 0 Å². The summed E-state index contributed by atoms with van der Waals surface area (Å²) in [5.74, 6) is -0.524. The van der Waals surface area contributed by atoms with Gasteiger partial charge in [-0.05, 0) is 24.1 Å². The molecule has 0 radical (unpaired) electrons. The molecule has 92 valence electrons. The molecule has 0 spiro atoms. The monoisotopic (exact) mass is 236 g/mol. The lowest BCUT2D eigenvalue weighted by Gasteiger charge is -2.00. The first-order valence-corrected chi connectivity index (χ1v) is 5.80. The van der Waals surface area contributed by atoms with Crippen LogP contribution >= 0.6 is 0 Å². The third-order valence-corrected chi connectivity index (χ3v) is 2.20. The number of unbranched alkanes of at least 4 members (excludes halogenated alkanes) is 1. The van der Waals surface area contributed by atoms with Crippen molar-refractivity contribution in [2.75, 3.05) is 6.61 Å². The van der Waals surface area contributed by atoms with Crippen molar-refractivity contribution in [1.82, 2.24) is 0 Å². The number of carbonyl (C=O) groups excluding carboxylic acids is 1. The third-order valence-electron chi connectivity index (χ3n) is 2.20. The van der Waals surface area contributed by atoms with Crippen molar-refractivity contribution in [3.63, 3.8) is 0 Å². The molecule has 3 heteroatoms. The summed E-state index contributed by atoms with van der Waals surface area (Å²) in [6.07, 6.45) is 5.51. The predicted molar refractivity (Wildman–Crippen MR) is 65.9 cm³/mol. The predicted octanol–water partition coefficient (Wildman–Crippen LogP) is 3.57. The Morgan fingerprint density at radius 1 is 1.47 bits per heavy atom. The summed E-state index contributed by atoms with van der Waals surface area (Å²) in [6, 6.07) is 6.21. The van der Waals surface area contributed by atoms with E-state index in [0.29, 0.717) is 6.61 Å². The van der Waals surface area contributed by atoms with E-state index >= 15 is 0 Å². The van der Waals surface area contributed by atoms with E-state index in [4.69, 9.17) is 4.74 Å². The number of rotatable bonds is 6. The van der Waals surface area contributed by atoms with Crippen molar-refractivity contribution in [1.29, 1.82) is 0 Å². The lowest BCUT2D eigenvalue weighted by atomic mass is 10.2. The van der Waals surface area contributed by atoms with Gasteiger partial charge in [0, 0.05) is 0 Å². The average Bonchev–Trinajstić information content (AvgIpc) is 2.29. The van der Waals surface area contributed by atoms with Crippen LogP contribution in [0.2, 0.25) is 0 Å². The van der Waals surface area contributed by atoms with Gasteiger partial charge >= 0.3 is 5.97 Å². The van der Waals surface area contributed by atoms with Crippen molar-refractivity contribution in [3.05, 3.63) is 41.7 Å². The number of ether oxygens (including phenoxy) is 1. The van der Waals surface area contributed by atoms with E-state index in [1.54, 1.807) is 24.3 Å². The standard InChI is InChI=1S/C14H17FO2/c1-2-3-10-17-14(16)9-5-7-12-6-4-8-13(15)11-12/h4-8,11H,2-3,9-10H2,1H3/b7-5+. The van der Waals surface area contributed by atoms with Gasteiger partial charge < -0.3 is 4.74 Å². The van der Waals surface area contributed by atoms with Crippen LogP contribution in [0.1, 0.15) is 31.7 Å². The second-order valence-corrected chi connectivity index (χ2v) is 3.74. The first-order chi connectivity index (χ1) is 8.22. The molecule has 2 nitrogen and oxygen atoms in total. The van der Waals surface area contributed by atoms with Gasteiger partial charge in [-0.2, -0.15) is 0 Å². The molecule has 0 atom stereocenters. The Bertz CT molecular complexity index is 386. The van der Waals surface area contributed by atoms with E-state index in [-0.39, 0.29) is 18.2 Å². The van der Waals surface area contributed by atoms with Crippen LogP contribution in [-0.2, 0) is 9.53 Å². The Morgan fingerprint density at radius 3 is 3.00 bits per heavy atom. The van der Waals surface area contributed by atoms with E-state index in [1.165, 1.54) is 12.1 Å². The molecular formula is C14H17FO2. The van der Waals surface area contributed by atoms with Crippen LogP contribution in [-0.4, -0.2) is 12.6 Å². The summed E-state index contributed by atoms with van der Waals surface area (Å²) >= 11 is 0. The summed E-state index contributed by atoms with van der Waals surface area (Å²) < 4.78 is 17.8. The van der Waals surface area contributed by atoms with Gasteiger partial charge in [-0.3, -0.25) is 4.79 Å². The fourth-order valence-corrected chi connectivity index (χ4v) is 1.29. The Balaban J connectivity index is 2.32. The van der Waals surface area contributed by atoms with Gasteiger partial charge in [-0.1, -0.05) is 37.6 Å². The zero-order valence-corrected chi connectivity index (χ0v) is 9.99. The van der Waals surface area contributed by atoms with Crippen molar-refractivity contribution < 1.29 is 13.9 Å². The van der Waals surface area contributed by atoms with Crippen LogP contribution < -0.4 is 0 Å². The van der Waals surface area contributed by atoms with E-state index in [9.17, 15) is 9.18 Å². The highest BCUT2D eigenvalue weighted by Crippen LogP contribution is 2.06. The number of benzene rings is 1. The highest BCUT2D eigenvalue weighted by Gasteiger charge is 1.98. The summed E-state index contributed by atoms with van der Waals surface area (Å²) in [6.45, 7) is 2.51. The normalized spacial score (nSPS) is 10.7. The van der Waals surface area contributed by atoms with Gasteiger partial charge in [0.15, 0.2) is 0 Å². The molecule has 0 aliphatic rings. The molecule has 0 saturated heterocycles. The molecule has 0 aliphatic heterocycles. The molecule has 1 aromatic carbocycles. The van der Waals surface area contributed by atoms with Crippen LogP contribution in [0, 0.1) is 5.82 Å². The number of hydrogen-bond donors (Lipinski definition) is 0. The van der Waals surface area contributed by atoms with Crippen molar-refractivity contribution in [2.24, 2.45) is 0 Å². The maximum Gasteiger partial charge on any atom is 0.309 e. The largest absolute Gasteiger partial charge is 0.465 e. The summed E-state index contributed by atoms with van der Waals surface area (Å²) in [5, 5.41) is 0. The second kappa shape index (κ2) is 7.60. The van der Waals surface area contributed by atoms with Crippen LogP contribution in [0.3, 0.4) is 0 Å². The number of hydrogen-bond acceptors (Lipinski definition) is 2. The van der Waals surface area contributed by atoms with Crippen LogP contribution in [0.15, 0.2) is 30.3 Å². The molecule has 1 rings (SSSR count).